The summed E-state index contributed by atoms with van der Waals surface area (Å²) in [6.45, 7) is 5.27. The standard InChI is InChI=1S/C24H19N5O5.C24H22N4O7S.C24H22N4O5.C22H19N5O5/c1-34-17-4-3-15-12-29(21(30)19(15)9-17)13-24(22(31)27-23(32)28-24)7-6-14-2-5-18-16(11-26-33)10-25-20(18)8-14;1-3-36(33,34)27-20(29)16-6-4-15(5-7-16)10-11-24(22(31)25-23(32)26-24)14-28-13-17-8-9-18(35-2)12-19(17)21(28)30;1-15(27-32)11-17-5-3-16(4-6-17)9-10-24(22(30)25-23(31)26-24)14-28-13-18-7-8-19(33-2)12-20(18)21(28)29;1-13(26-31)16-7-14(9-23-10-16)5-6-22(20(29)24-21(30)25-22)12-27-11-15-3-4-17(32-2)8-18(15)19(27)28/h2-5,8-11,25,33H,12-13H2,1H3,(H2,27,28,31,32);4-9,12H,3,13-14H2,1-2H3,(H,27,29)(H2,25,26,31,32);3-8,12,32H,11,13-14H2,1-2H3,(H2,25,26,30,31);3-4,7-10,31H,11-12H2,1-2H3,(H2,24,25,29,30)/t3*24-;22-/m1111/s1. The van der Waals surface area contributed by atoms with Crippen molar-refractivity contribution in [3.8, 4) is 70.4 Å². The van der Waals surface area contributed by atoms with Crippen LogP contribution in [0.3, 0.4) is 0 Å². The zero-order valence-corrected chi connectivity index (χ0v) is 73.6. The molecule has 686 valence electrons. The normalized spacial score (nSPS) is 19.3. The second kappa shape index (κ2) is 38.8. The van der Waals surface area contributed by atoms with Gasteiger partial charge < -0.3 is 80.4 Å². The molecule has 135 heavy (non-hydrogen) atoms. The summed E-state index contributed by atoms with van der Waals surface area (Å²) in [6, 6.07) is 38.0. The van der Waals surface area contributed by atoms with Gasteiger partial charge in [0.1, 0.15) is 23.0 Å². The predicted octanol–water partition coefficient (Wildman–Crippen LogP) is 4.48. The molecule has 4 atom stereocenters. The number of hydrogen-bond acceptors (Lipinski definition) is 26. The quantitative estimate of drug-likeness (QED) is 0.0174. The Morgan fingerprint density at radius 3 is 1.16 bits per heavy atom. The summed E-state index contributed by atoms with van der Waals surface area (Å²) in [7, 11) is 2.34. The van der Waals surface area contributed by atoms with Gasteiger partial charge in [-0.1, -0.05) is 105 Å². The molecule has 0 saturated carbocycles. The van der Waals surface area contributed by atoms with Crippen molar-refractivity contribution in [1.82, 2.24) is 76.8 Å². The lowest BCUT2D eigenvalue weighted by atomic mass is 9.98. The minimum Gasteiger partial charge on any atom is -0.497 e. The third kappa shape index (κ3) is 20.3. The SMILES string of the molecule is CCS(=O)(=O)NC(=O)c1ccc(C#C[C@]2(CN3Cc4ccc(OC)cc4C3=O)NC(=O)NC2=O)cc1.COc1ccc2c(c1)C(=O)N(C[C@@]1(C#Cc3ccc(CC(C)=NO)cc3)NC(=O)NC1=O)C2.COc1ccc2c(c1)C(=O)N(C[C@@]1(C#Cc3ccc4c(C=NO)c[nH]c4c3)NC(=O)NC1=O)C2.COc1ccc2c(c1)C(=O)N(C[C@@]1(C#Cc3cncc(C(C)=NO)c3)NC(=O)NC1=O)C2. The third-order valence-corrected chi connectivity index (χ3v) is 23.8. The van der Waals surface area contributed by atoms with E-state index in [1.807, 2.05) is 22.9 Å². The van der Waals surface area contributed by atoms with E-state index in [2.05, 4.69) is 115 Å². The number of pyridine rings is 1. The second-order valence-electron chi connectivity index (χ2n) is 31.5. The molecule has 0 bridgehead atoms. The number of carbonyl (C=O) groups excluding carboxylic acids is 13. The maximum atomic E-state index is 13.0. The molecule has 17 rings (SSSR count). The number of oxime groups is 3. The average molecular weight is 1850 g/mol. The smallest absolute Gasteiger partial charge is 0.323 e. The molecule has 0 spiro atoms. The number of nitrogens with one attached hydrogen (secondary N) is 10. The van der Waals surface area contributed by atoms with E-state index >= 15 is 0 Å². The molecule has 17 amide bonds. The summed E-state index contributed by atoms with van der Waals surface area (Å²) >= 11 is 0. The van der Waals surface area contributed by atoms with Crippen LogP contribution in [0.4, 0.5) is 19.2 Å². The number of fused-ring (bicyclic) bond motifs is 5. The molecular weight excluding hydrogens is 1770 g/mol. The van der Waals surface area contributed by atoms with Crippen LogP contribution in [0.2, 0.25) is 0 Å². The number of amides is 17. The van der Waals surface area contributed by atoms with Crippen molar-refractivity contribution in [3.63, 3.8) is 0 Å². The van der Waals surface area contributed by atoms with Gasteiger partial charge in [-0.25, -0.2) is 32.3 Å². The van der Waals surface area contributed by atoms with Gasteiger partial charge in [-0.15, -0.1) is 0 Å². The van der Waals surface area contributed by atoms with Gasteiger partial charge in [-0.2, -0.15) is 0 Å². The summed E-state index contributed by atoms with van der Waals surface area (Å²) in [5.41, 5.74) is 4.64. The van der Waals surface area contributed by atoms with Crippen LogP contribution in [-0.2, 0) is 61.8 Å². The van der Waals surface area contributed by atoms with E-state index in [0.717, 1.165) is 38.7 Å². The van der Waals surface area contributed by atoms with Gasteiger partial charge in [-0.3, -0.25) is 69.4 Å². The third-order valence-electron chi connectivity index (χ3n) is 22.5. The molecular formula is C94H82N18O22S. The van der Waals surface area contributed by atoms with Gasteiger partial charge >= 0.3 is 24.1 Å². The lowest BCUT2D eigenvalue weighted by Gasteiger charge is -2.26. The molecule has 4 saturated heterocycles. The Bertz CT molecular complexity index is 6990. The van der Waals surface area contributed by atoms with Crippen molar-refractivity contribution in [2.45, 2.75) is 75.5 Å². The first-order valence-corrected chi connectivity index (χ1v) is 42.7. The van der Waals surface area contributed by atoms with E-state index in [9.17, 15) is 70.7 Å². The molecule has 9 aromatic rings. The minimum absolute atomic E-state index is 0.0996. The van der Waals surface area contributed by atoms with E-state index in [1.165, 1.54) is 97.8 Å². The van der Waals surface area contributed by atoms with E-state index in [4.69, 9.17) is 34.6 Å². The number of ether oxygens (including phenoxy) is 4. The number of hydrogen-bond donors (Lipinski definition) is 13. The monoisotopic (exact) mass is 1850 g/mol. The average Bonchev–Trinajstić information content (AvgIpc) is 1.63. The Kier molecular flexibility index (Phi) is 26.8. The van der Waals surface area contributed by atoms with Gasteiger partial charge in [-0.05, 0) is 152 Å². The largest absolute Gasteiger partial charge is 0.497 e. The van der Waals surface area contributed by atoms with Crippen LogP contribution < -0.4 is 66.2 Å². The maximum absolute atomic E-state index is 13.0. The highest BCUT2D eigenvalue weighted by Gasteiger charge is 2.53. The highest BCUT2D eigenvalue weighted by Crippen LogP contribution is 2.35. The molecule has 13 N–H and O–H groups in total. The molecule has 10 heterocycles. The molecule has 40 nitrogen and oxygen atoms in total. The zero-order valence-electron chi connectivity index (χ0n) is 72.8. The number of imide groups is 4. The Morgan fingerprint density at radius 2 is 0.822 bits per heavy atom. The minimum atomic E-state index is -3.71. The Balaban J connectivity index is 0.000000144. The summed E-state index contributed by atoms with van der Waals surface area (Å²) in [4.78, 5) is 176. The first-order valence-electron chi connectivity index (χ1n) is 41.0. The number of carbonyl (C=O) groups is 13. The fraction of sp³-hybridized carbons (Fsp3) is 0.223. The lowest BCUT2D eigenvalue weighted by molar-refractivity contribution is -0.123. The molecule has 8 aliphatic heterocycles. The highest BCUT2D eigenvalue weighted by molar-refractivity contribution is 7.90. The Hall–Kier alpha value is -17.9. The summed E-state index contributed by atoms with van der Waals surface area (Å²) < 4.78 is 45.9. The van der Waals surface area contributed by atoms with Crippen molar-refractivity contribution in [1.29, 1.82) is 0 Å². The predicted molar refractivity (Wildman–Crippen MR) is 480 cm³/mol. The molecule has 8 aliphatic rings. The fourth-order valence-electron chi connectivity index (χ4n) is 15.3. The number of methoxy groups -OCH3 is 4. The van der Waals surface area contributed by atoms with Crippen LogP contribution in [0.5, 0.6) is 23.0 Å². The second-order valence-corrected chi connectivity index (χ2v) is 33.5. The fourth-order valence-corrected chi connectivity index (χ4v) is 15.9. The van der Waals surface area contributed by atoms with Crippen LogP contribution in [0, 0.1) is 47.4 Å². The summed E-state index contributed by atoms with van der Waals surface area (Å²) in [5.74, 6) is 20.4. The van der Waals surface area contributed by atoms with E-state index < -0.39 is 85.8 Å². The van der Waals surface area contributed by atoms with Gasteiger partial charge in [0.15, 0.2) is 0 Å². The molecule has 2 aromatic heterocycles. The van der Waals surface area contributed by atoms with Crippen LogP contribution in [0.1, 0.15) is 134 Å². The number of sulfonamides is 1. The number of rotatable bonds is 19. The van der Waals surface area contributed by atoms with Crippen molar-refractivity contribution in [3.05, 3.63) is 253 Å². The van der Waals surface area contributed by atoms with Crippen molar-refractivity contribution in [2.75, 3.05) is 60.4 Å². The first-order chi connectivity index (χ1) is 64.6. The van der Waals surface area contributed by atoms with Crippen LogP contribution in [0.25, 0.3) is 10.9 Å². The van der Waals surface area contributed by atoms with Crippen LogP contribution in [-0.4, -0.2) is 231 Å². The molecule has 0 aliphatic carbocycles. The number of benzene rings is 7. The van der Waals surface area contributed by atoms with Crippen LogP contribution >= 0.6 is 0 Å². The van der Waals surface area contributed by atoms with Crippen LogP contribution in [0.15, 0.2) is 180 Å². The molecule has 0 radical (unpaired) electrons. The summed E-state index contributed by atoms with van der Waals surface area (Å²) in [5, 5.41) is 55.8. The maximum Gasteiger partial charge on any atom is 0.323 e. The zero-order chi connectivity index (χ0) is 96.4. The number of aromatic amines is 1. The van der Waals surface area contributed by atoms with Gasteiger partial charge in [0.05, 0.1) is 78.0 Å². The van der Waals surface area contributed by atoms with E-state index in [0.29, 0.717) is 103 Å². The highest BCUT2D eigenvalue weighted by atomic mass is 32.2. The molecule has 0 unspecified atom stereocenters. The number of nitrogens with zero attached hydrogens (tertiary/aromatic N) is 8. The molecule has 4 fully saturated rings. The van der Waals surface area contributed by atoms with E-state index in [1.54, 1.807) is 123 Å². The van der Waals surface area contributed by atoms with Crippen molar-refractivity contribution in [2.24, 2.45) is 15.5 Å². The number of aromatic nitrogens is 2. The lowest BCUT2D eigenvalue weighted by Crippen LogP contribution is -2.54. The topological polar surface area (TPSA) is 541 Å². The van der Waals surface area contributed by atoms with E-state index in [-0.39, 0.29) is 80.8 Å². The first kappa shape index (κ1) is 93.3. The molecule has 41 heteroatoms. The van der Waals surface area contributed by atoms with Gasteiger partial charge in [0.25, 0.3) is 53.2 Å². The summed E-state index contributed by atoms with van der Waals surface area (Å²) in [6.07, 6.45) is 6.49. The number of urea groups is 4. The number of H-pyrrole nitrogens is 1. The van der Waals surface area contributed by atoms with Gasteiger partial charge in [0, 0.05) is 123 Å². The van der Waals surface area contributed by atoms with Crippen molar-refractivity contribution < 1.29 is 105 Å². The Labute approximate surface area is 769 Å². The molecule has 7 aromatic carbocycles. The van der Waals surface area contributed by atoms with Crippen molar-refractivity contribution >= 4 is 116 Å². The van der Waals surface area contributed by atoms with Gasteiger partial charge in [0.2, 0.25) is 32.2 Å². The Morgan fingerprint density at radius 1 is 0.459 bits per heavy atom.